The molecule has 9 aromatic carbocycles. The maximum absolute atomic E-state index is 2.49. The third-order valence-corrected chi connectivity index (χ3v) is 12.2. The van der Waals surface area contributed by atoms with E-state index in [1.54, 1.807) is 0 Å². The van der Waals surface area contributed by atoms with E-state index in [9.17, 15) is 0 Å². The lowest BCUT2D eigenvalue weighted by atomic mass is 9.70. The minimum absolute atomic E-state index is 0.427. The van der Waals surface area contributed by atoms with Gasteiger partial charge in [-0.15, -0.1) is 0 Å². The largest absolute Gasteiger partial charge is 0.309 e. The summed E-state index contributed by atoms with van der Waals surface area (Å²) in [4.78, 5) is 0. The van der Waals surface area contributed by atoms with Crippen molar-refractivity contribution in [3.63, 3.8) is 0 Å². The van der Waals surface area contributed by atoms with Gasteiger partial charge in [0.2, 0.25) is 0 Å². The standard InChI is InChI=1S/C53H33N/c1-2-12-36-31-37(22-21-34(36)11-1)39-26-30-44-43-29-25-38(32-49(43)53(50(44)33-39)47-17-7-3-13-41(47)42-14-4-8-18-48(42)53)35-23-27-40(28-24-35)54-51-19-9-5-15-45(51)46-16-6-10-20-52(46)54/h1-33H. The Morgan fingerprint density at radius 3 is 1.37 bits per heavy atom. The quantitative estimate of drug-likeness (QED) is 0.175. The Morgan fingerprint density at radius 2 is 0.741 bits per heavy atom. The van der Waals surface area contributed by atoms with E-state index in [0.717, 1.165) is 0 Å². The van der Waals surface area contributed by atoms with Crippen molar-refractivity contribution < 1.29 is 0 Å². The van der Waals surface area contributed by atoms with Crippen LogP contribution < -0.4 is 0 Å². The molecule has 2 aliphatic carbocycles. The second-order valence-electron chi connectivity index (χ2n) is 14.8. The highest BCUT2D eigenvalue weighted by atomic mass is 15.0. The van der Waals surface area contributed by atoms with Crippen molar-refractivity contribution in [3.05, 3.63) is 222 Å². The SMILES string of the molecule is c1ccc2c(c1)-c1ccccc1C21c2cc(-c3ccc(-n4c5ccccc5c5ccccc54)cc3)ccc2-c2ccc(-c3ccc4ccccc4c3)cc21. The summed E-state index contributed by atoms with van der Waals surface area (Å²) in [5, 5.41) is 5.09. The predicted molar refractivity (Wildman–Crippen MR) is 225 cm³/mol. The van der Waals surface area contributed by atoms with Gasteiger partial charge in [0.1, 0.15) is 0 Å². The molecule has 0 saturated carbocycles. The Bertz CT molecular complexity index is 3060. The molecule has 0 N–H and O–H groups in total. The molecule has 1 nitrogen and oxygen atoms in total. The minimum atomic E-state index is -0.427. The topological polar surface area (TPSA) is 4.93 Å². The molecule has 54 heavy (non-hydrogen) atoms. The van der Waals surface area contributed by atoms with Gasteiger partial charge in [-0.25, -0.2) is 0 Å². The zero-order valence-corrected chi connectivity index (χ0v) is 29.5. The molecule has 1 heteroatoms. The Kier molecular flexibility index (Phi) is 6.04. The Labute approximate surface area is 314 Å². The third-order valence-electron chi connectivity index (χ3n) is 12.2. The van der Waals surface area contributed by atoms with Gasteiger partial charge in [0.05, 0.1) is 16.4 Å². The maximum Gasteiger partial charge on any atom is 0.0725 e. The van der Waals surface area contributed by atoms with Crippen molar-refractivity contribution in [2.24, 2.45) is 0 Å². The molecule has 1 spiro atoms. The number of aromatic nitrogens is 1. The lowest BCUT2D eigenvalue weighted by Gasteiger charge is -2.31. The van der Waals surface area contributed by atoms with Crippen LogP contribution in [-0.4, -0.2) is 4.57 Å². The first-order chi connectivity index (χ1) is 26.8. The van der Waals surface area contributed by atoms with Gasteiger partial charge in [-0.2, -0.15) is 0 Å². The molecule has 0 unspecified atom stereocenters. The molecule has 0 aliphatic heterocycles. The zero-order chi connectivity index (χ0) is 35.4. The number of rotatable bonds is 3. The van der Waals surface area contributed by atoms with Crippen molar-refractivity contribution in [1.82, 2.24) is 4.57 Å². The van der Waals surface area contributed by atoms with Crippen LogP contribution in [-0.2, 0) is 5.41 Å². The minimum Gasteiger partial charge on any atom is -0.309 e. The lowest BCUT2D eigenvalue weighted by Crippen LogP contribution is -2.26. The number of para-hydroxylation sites is 2. The van der Waals surface area contributed by atoms with E-state index in [4.69, 9.17) is 0 Å². The molecule has 0 atom stereocenters. The van der Waals surface area contributed by atoms with Gasteiger partial charge in [0.25, 0.3) is 0 Å². The van der Waals surface area contributed by atoms with Crippen LogP contribution in [0.25, 0.3) is 82.8 Å². The van der Waals surface area contributed by atoms with Crippen LogP contribution in [0.15, 0.2) is 200 Å². The van der Waals surface area contributed by atoms with Crippen LogP contribution in [0.1, 0.15) is 22.3 Å². The molecule has 12 rings (SSSR count). The lowest BCUT2D eigenvalue weighted by molar-refractivity contribution is 0.794. The molecule has 0 fully saturated rings. The number of nitrogens with zero attached hydrogens (tertiary/aromatic N) is 1. The van der Waals surface area contributed by atoms with Gasteiger partial charge in [-0.1, -0.05) is 158 Å². The summed E-state index contributed by atoms with van der Waals surface area (Å²) in [5.74, 6) is 0. The monoisotopic (exact) mass is 683 g/mol. The van der Waals surface area contributed by atoms with Crippen LogP contribution in [0.5, 0.6) is 0 Å². The summed E-state index contributed by atoms with van der Waals surface area (Å²) in [7, 11) is 0. The fourth-order valence-corrected chi connectivity index (χ4v) is 9.87. The molecule has 2 aliphatic rings. The van der Waals surface area contributed by atoms with Crippen LogP contribution in [0, 0.1) is 0 Å². The summed E-state index contributed by atoms with van der Waals surface area (Å²) in [5.41, 5.74) is 18.8. The Morgan fingerprint density at radius 1 is 0.296 bits per heavy atom. The van der Waals surface area contributed by atoms with E-state index < -0.39 is 5.41 Å². The van der Waals surface area contributed by atoms with E-state index in [1.807, 2.05) is 0 Å². The maximum atomic E-state index is 2.49. The Hall–Kier alpha value is -6.96. The van der Waals surface area contributed by atoms with E-state index in [-0.39, 0.29) is 0 Å². The van der Waals surface area contributed by atoms with Crippen LogP contribution >= 0.6 is 0 Å². The highest BCUT2D eigenvalue weighted by Crippen LogP contribution is 2.63. The van der Waals surface area contributed by atoms with Gasteiger partial charge in [0.15, 0.2) is 0 Å². The van der Waals surface area contributed by atoms with E-state index in [2.05, 4.69) is 205 Å². The molecule has 10 aromatic rings. The molecule has 250 valence electrons. The molecule has 1 heterocycles. The zero-order valence-electron chi connectivity index (χ0n) is 29.5. The first-order valence-corrected chi connectivity index (χ1v) is 18.8. The highest BCUT2D eigenvalue weighted by Gasteiger charge is 2.51. The van der Waals surface area contributed by atoms with Gasteiger partial charge >= 0.3 is 0 Å². The number of fused-ring (bicyclic) bond motifs is 14. The van der Waals surface area contributed by atoms with Crippen molar-refractivity contribution >= 4 is 32.6 Å². The smallest absolute Gasteiger partial charge is 0.0725 e. The Balaban J connectivity index is 1.05. The average molecular weight is 684 g/mol. The second-order valence-corrected chi connectivity index (χ2v) is 14.8. The predicted octanol–water partition coefficient (Wildman–Crippen LogP) is 13.6. The number of hydrogen-bond acceptors (Lipinski definition) is 0. The first-order valence-electron chi connectivity index (χ1n) is 18.8. The highest BCUT2D eigenvalue weighted by molar-refractivity contribution is 6.09. The molecule has 0 amide bonds. The van der Waals surface area contributed by atoms with Crippen LogP contribution in [0.3, 0.4) is 0 Å². The van der Waals surface area contributed by atoms with Gasteiger partial charge in [-0.3, -0.25) is 0 Å². The number of benzene rings is 9. The van der Waals surface area contributed by atoms with Crippen molar-refractivity contribution in [1.29, 1.82) is 0 Å². The average Bonchev–Trinajstić information content (AvgIpc) is 3.85. The normalized spacial score (nSPS) is 13.3. The second kappa shape index (κ2) is 11.0. The molecule has 0 radical (unpaired) electrons. The molecule has 1 aromatic heterocycles. The molecule has 0 saturated heterocycles. The molecular weight excluding hydrogens is 651 g/mol. The fourth-order valence-electron chi connectivity index (χ4n) is 9.87. The van der Waals surface area contributed by atoms with Crippen molar-refractivity contribution in [2.45, 2.75) is 5.41 Å². The van der Waals surface area contributed by atoms with Gasteiger partial charge in [-0.05, 0) is 120 Å². The van der Waals surface area contributed by atoms with E-state index >= 15 is 0 Å². The van der Waals surface area contributed by atoms with E-state index in [1.165, 1.54) is 105 Å². The van der Waals surface area contributed by atoms with Gasteiger partial charge < -0.3 is 4.57 Å². The first kappa shape index (κ1) is 29.6. The van der Waals surface area contributed by atoms with Crippen molar-refractivity contribution in [2.75, 3.05) is 0 Å². The van der Waals surface area contributed by atoms with Crippen molar-refractivity contribution in [3.8, 4) is 50.2 Å². The summed E-state index contributed by atoms with van der Waals surface area (Å²) in [6.07, 6.45) is 0. The molecular formula is C53H33N. The van der Waals surface area contributed by atoms with E-state index in [0.29, 0.717) is 0 Å². The number of hydrogen-bond donors (Lipinski definition) is 0. The van der Waals surface area contributed by atoms with Crippen LogP contribution in [0.4, 0.5) is 0 Å². The fraction of sp³-hybridized carbons (Fsp3) is 0.0189. The summed E-state index contributed by atoms with van der Waals surface area (Å²) in [6.45, 7) is 0. The third kappa shape index (κ3) is 3.93. The summed E-state index contributed by atoms with van der Waals surface area (Å²) < 4.78 is 2.39. The summed E-state index contributed by atoms with van der Waals surface area (Å²) in [6, 6.07) is 74.6. The summed E-state index contributed by atoms with van der Waals surface area (Å²) >= 11 is 0. The van der Waals surface area contributed by atoms with Gasteiger partial charge in [0, 0.05) is 16.5 Å². The van der Waals surface area contributed by atoms with Crippen LogP contribution in [0.2, 0.25) is 0 Å². The molecule has 0 bridgehead atoms.